The number of rotatable bonds is 5. The highest BCUT2D eigenvalue weighted by atomic mass is 35.5. The molecule has 2 aromatic carbocycles. The van der Waals surface area contributed by atoms with E-state index in [1.54, 1.807) is 0 Å². The highest BCUT2D eigenvalue weighted by Gasteiger charge is 2.24. The quantitative estimate of drug-likeness (QED) is 0.777. The van der Waals surface area contributed by atoms with E-state index < -0.39 is 15.8 Å². The van der Waals surface area contributed by atoms with Gasteiger partial charge < -0.3 is 4.74 Å². The second kappa shape index (κ2) is 6.96. The number of Topliss-reactive ketones (excluding diaryl/α,β-unsaturated/α-hetero) is 1. The van der Waals surface area contributed by atoms with Crippen LogP contribution in [-0.4, -0.2) is 21.3 Å². The molecule has 128 valence electrons. The Morgan fingerprint density at radius 1 is 1.21 bits per heavy atom. The number of ketones is 1. The van der Waals surface area contributed by atoms with Crippen molar-refractivity contribution in [2.75, 3.05) is 11.8 Å². The molecule has 0 unspecified atom stereocenters. The van der Waals surface area contributed by atoms with Gasteiger partial charge in [0.2, 0.25) is 0 Å². The fourth-order valence-corrected chi connectivity index (χ4v) is 3.92. The zero-order chi connectivity index (χ0) is 18.1. The van der Waals surface area contributed by atoms with Crippen molar-refractivity contribution in [2.45, 2.75) is 11.8 Å². The zero-order valence-corrected chi connectivity index (χ0v) is 14.9. The number of hydrogen-bond donors (Lipinski definition) is 1. The molecular weight excluding hydrogens is 380 g/mol. The molecule has 0 saturated carbocycles. The number of hydrogen-bond acceptors (Lipinski definition) is 4. The third-order valence-corrected chi connectivity index (χ3v) is 4.96. The Labute approximate surface area is 148 Å². The summed E-state index contributed by atoms with van der Waals surface area (Å²) in [6, 6.07) is 5.80. The van der Waals surface area contributed by atoms with E-state index in [4.69, 9.17) is 27.9 Å². The molecular formula is C15H12Cl2FNO4S. The number of sulfonamides is 1. The maximum absolute atomic E-state index is 13.9. The Bertz CT molecular complexity index is 916. The predicted octanol–water partition coefficient (Wildman–Crippen LogP) is 4.14. The topological polar surface area (TPSA) is 72.5 Å². The zero-order valence-electron chi connectivity index (χ0n) is 12.6. The number of anilines is 1. The van der Waals surface area contributed by atoms with Crippen LogP contribution < -0.4 is 9.46 Å². The van der Waals surface area contributed by atoms with Gasteiger partial charge in [0.25, 0.3) is 10.0 Å². The highest BCUT2D eigenvalue weighted by molar-refractivity contribution is 7.92. The van der Waals surface area contributed by atoms with E-state index >= 15 is 0 Å². The SMILES string of the molecule is COc1c(Cl)cc(Cl)cc1S(=O)(=O)Nc1cc(C(C)=O)ccc1F. The summed E-state index contributed by atoms with van der Waals surface area (Å²) in [5.74, 6) is -1.30. The van der Waals surface area contributed by atoms with Crippen molar-refractivity contribution in [1.29, 1.82) is 0 Å². The van der Waals surface area contributed by atoms with Gasteiger partial charge in [-0.25, -0.2) is 12.8 Å². The molecule has 5 nitrogen and oxygen atoms in total. The van der Waals surface area contributed by atoms with Crippen LogP contribution in [0.4, 0.5) is 10.1 Å². The molecule has 0 radical (unpaired) electrons. The first-order chi connectivity index (χ1) is 11.2. The van der Waals surface area contributed by atoms with Crippen molar-refractivity contribution >= 4 is 44.7 Å². The lowest BCUT2D eigenvalue weighted by molar-refractivity contribution is 0.101. The molecule has 0 spiro atoms. The molecule has 0 heterocycles. The van der Waals surface area contributed by atoms with E-state index in [0.717, 1.165) is 18.2 Å². The first-order valence-corrected chi connectivity index (χ1v) is 8.76. The van der Waals surface area contributed by atoms with E-state index in [2.05, 4.69) is 4.72 Å². The molecule has 1 N–H and O–H groups in total. The van der Waals surface area contributed by atoms with Gasteiger partial charge in [0, 0.05) is 10.6 Å². The average molecular weight is 392 g/mol. The number of methoxy groups -OCH3 is 1. The minimum absolute atomic E-state index is 0.0108. The Morgan fingerprint density at radius 2 is 1.88 bits per heavy atom. The average Bonchev–Trinajstić information content (AvgIpc) is 2.48. The fourth-order valence-electron chi connectivity index (χ4n) is 1.96. The van der Waals surface area contributed by atoms with Crippen LogP contribution in [0.5, 0.6) is 5.75 Å². The summed E-state index contributed by atoms with van der Waals surface area (Å²) in [5, 5.41) is 0.0578. The Hall–Kier alpha value is -1.83. The van der Waals surface area contributed by atoms with E-state index in [1.165, 1.54) is 26.2 Å². The van der Waals surface area contributed by atoms with Crippen LogP contribution >= 0.6 is 23.2 Å². The van der Waals surface area contributed by atoms with Crippen LogP contribution in [0.2, 0.25) is 10.0 Å². The molecule has 2 aromatic rings. The summed E-state index contributed by atoms with van der Waals surface area (Å²) in [7, 11) is -3.02. The van der Waals surface area contributed by atoms with E-state index in [-0.39, 0.29) is 37.7 Å². The van der Waals surface area contributed by atoms with E-state index in [1.807, 2.05) is 0 Å². The van der Waals surface area contributed by atoms with Crippen molar-refractivity contribution in [1.82, 2.24) is 0 Å². The smallest absolute Gasteiger partial charge is 0.265 e. The highest BCUT2D eigenvalue weighted by Crippen LogP contribution is 2.36. The lowest BCUT2D eigenvalue weighted by atomic mass is 10.1. The van der Waals surface area contributed by atoms with Crippen molar-refractivity contribution in [3.63, 3.8) is 0 Å². The second-order valence-corrected chi connectivity index (χ2v) is 7.27. The van der Waals surface area contributed by atoms with Gasteiger partial charge >= 0.3 is 0 Å². The van der Waals surface area contributed by atoms with Gasteiger partial charge in [0.1, 0.15) is 10.7 Å². The van der Waals surface area contributed by atoms with Gasteiger partial charge in [0.15, 0.2) is 11.5 Å². The molecule has 24 heavy (non-hydrogen) atoms. The maximum Gasteiger partial charge on any atom is 0.265 e. The Morgan fingerprint density at radius 3 is 2.46 bits per heavy atom. The van der Waals surface area contributed by atoms with Crippen molar-refractivity contribution in [2.24, 2.45) is 0 Å². The molecule has 0 aliphatic rings. The molecule has 0 bridgehead atoms. The lowest BCUT2D eigenvalue weighted by Gasteiger charge is -2.14. The molecule has 0 atom stereocenters. The van der Waals surface area contributed by atoms with Crippen molar-refractivity contribution in [3.05, 3.63) is 51.8 Å². The predicted molar refractivity (Wildman–Crippen MR) is 90.2 cm³/mol. The third kappa shape index (κ3) is 3.80. The van der Waals surface area contributed by atoms with Crippen LogP contribution in [0.1, 0.15) is 17.3 Å². The second-order valence-electron chi connectivity index (χ2n) is 4.78. The number of nitrogens with one attached hydrogen (secondary N) is 1. The van der Waals surface area contributed by atoms with Gasteiger partial charge in [-0.1, -0.05) is 23.2 Å². The van der Waals surface area contributed by atoms with Crippen LogP contribution in [-0.2, 0) is 10.0 Å². The lowest BCUT2D eigenvalue weighted by Crippen LogP contribution is -2.15. The Kier molecular flexibility index (Phi) is 5.37. The summed E-state index contributed by atoms with van der Waals surface area (Å²) in [6.45, 7) is 1.28. The van der Waals surface area contributed by atoms with Crippen LogP contribution in [0, 0.1) is 5.82 Å². The standard InChI is InChI=1S/C15H12Cl2FNO4S/c1-8(20)9-3-4-12(18)13(5-9)19-24(21,22)14-7-10(16)6-11(17)15(14)23-2/h3-7,19H,1-2H3. The van der Waals surface area contributed by atoms with Gasteiger partial charge in [-0.2, -0.15) is 0 Å². The molecule has 0 fully saturated rings. The number of benzene rings is 2. The maximum atomic E-state index is 13.9. The van der Waals surface area contributed by atoms with Gasteiger partial charge in [0.05, 0.1) is 17.8 Å². The third-order valence-electron chi connectivity index (χ3n) is 3.09. The van der Waals surface area contributed by atoms with Crippen LogP contribution in [0.15, 0.2) is 35.2 Å². The molecule has 0 amide bonds. The minimum atomic E-state index is -4.26. The molecule has 0 aliphatic heterocycles. The minimum Gasteiger partial charge on any atom is -0.494 e. The molecule has 9 heteroatoms. The van der Waals surface area contributed by atoms with Gasteiger partial charge in [-0.05, 0) is 37.3 Å². The monoisotopic (exact) mass is 391 g/mol. The first-order valence-electron chi connectivity index (χ1n) is 6.52. The summed E-state index contributed by atoms with van der Waals surface area (Å²) < 4.78 is 46.1. The summed E-state index contributed by atoms with van der Waals surface area (Å²) >= 11 is 11.8. The molecule has 0 saturated heterocycles. The van der Waals surface area contributed by atoms with Crippen LogP contribution in [0.25, 0.3) is 0 Å². The number of ether oxygens (including phenoxy) is 1. The van der Waals surface area contributed by atoms with Gasteiger partial charge in [-0.15, -0.1) is 0 Å². The number of carbonyl (C=O) groups excluding carboxylic acids is 1. The summed E-state index contributed by atoms with van der Waals surface area (Å²) in [5.41, 5.74) is -0.217. The molecule has 0 aliphatic carbocycles. The first kappa shape index (κ1) is 18.5. The normalized spacial score (nSPS) is 11.2. The molecule has 0 aromatic heterocycles. The fraction of sp³-hybridized carbons (Fsp3) is 0.133. The van der Waals surface area contributed by atoms with Crippen LogP contribution in [0.3, 0.4) is 0 Å². The van der Waals surface area contributed by atoms with Crippen molar-refractivity contribution in [3.8, 4) is 5.75 Å². The largest absolute Gasteiger partial charge is 0.494 e. The van der Waals surface area contributed by atoms with E-state index in [0.29, 0.717) is 0 Å². The van der Waals surface area contributed by atoms with Crippen molar-refractivity contribution < 1.29 is 22.3 Å². The summed E-state index contributed by atoms with van der Waals surface area (Å²) in [6.07, 6.45) is 0. The summed E-state index contributed by atoms with van der Waals surface area (Å²) in [4.78, 5) is 11.0. The van der Waals surface area contributed by atoms with E-state index in [9.17, 15) is 17.6 Å². The Balaban J connectivity index is 2.54. The van der Waals surface area contributed by atoms with Gasteiger partial charge in [-0.3, -0.25) is 9.52 Å². The number of halogens is 3. The number of carbonyl (C=O) groups is 1. The molecule has 2 rings (SSSR count).